The number of aliphatic hydroxyl groups is 1. The highest BCUT2D eigenvalue weighted by Crippen LogP contribution is 2.29. The van der Waals surface area contributed by atoms with Crippen LogP contribution >= 0.6 is 0 Å². The number of oxazole rings is 1. The fourth-order valence-corrected chi connectivity index (χ4v) is 5.76. The summed E-state index contributed by atoms with van der Waals surface area (Å²) in [6.45, 7) is 3.25. The minimum Gasteiger partial charge on any atom is -0.438 e. The van der Waals surface area contributed by atoms with Crippen molar-refractivity contribution in [1.82, 2.24) is 19.9 Å². The Kier molecular flexibility index (Phi) is 9.07. The third-order valence-corrected chi connectivity index (χ3v) is 7.81. The van der Waals surface area contributed by atoms with E-state index < -0.39 is 28.2 Å². The monoisotopic (exact) mass is 533 g/mol. The van der Waals surface area contributed by atoms with E-state index >= 15 is 0 Å². The summed E-state index contributed by atoms with van der Waals surface area (Å²) in [7, 11) is -3.57. The molecule has 10 nitrogen and oxygen atoms in total. The summed E-state index contributed by atoms with van der Waals surface area (Å²) in [5.41, 5.74) is 1.21. The zero-order valence-electron chi connectivity index (χ0n) is 21.7. The Bertz CT molecular complexity index is 1150. The van der Waals surface area contributed by atoms with Crippen molar-refractivity contribution in [3.05, 3.63) is 30.2 Å². The molecular formula is C26H39N5O5S. The van der Waals surface area contributed by atoms with Gasteiger partial charge in [0.15, 0.2) is 11.7 Å². The van der Waals surface area contributed by atoms with Gasteiger partial charge in [-0.2, -0.15) is 0 Å². The highest BCUT2D eigenvalue weighted by Gasteiger charge is 2.31. The predicted octanol–water partition coefficient (Wildman–Crippen LogP) is 3.10. The van der Waals surface area contributed by atoms with Crippen molar-refractivity contribution in [2.45, 2.75) is 82.9 Å². The van der Waals surface area contributed by atoms with Crippen LogP contribution in [0.4, 0.5) is 0 Å². The van der Waals surface area contributed by atoms with Gasteiger partial charge in [0.25, 0.3) is 0 Å². The highest BCUT2D eigenvalue weighted by molar-refractivity contribution is 7.89. The first-order valence-electron chi connectivity index (χ1n) is 13.4. The normalized spacial score (nSPS) is 20.1. The fraction of sp³-hybridized carbons (Fsp3) is 0.654. The lowest BCUT2D eigenvalue weighted by Crippen LogP contribution is -2.47. The SMILES string of the molecule is CC[C@@H](NC(=O)[C@@H](CC1CCCCC1)N=C(NS(C)(=O)=O)N1CCCC1)C(O)c1nc2ccccc2o1. The number of hydrogen-bond donors (Lipinski definition) is 3. The summed E-state index contributed by atoms with van der Waals surface area (Å²) >= 11 is 0. The number of aliphatic hydroxyl groups excluding tert-OH is 1. The van der Waals surface area contributed by atoms with Gasteiger partial charge in [0.2, 0.25) is 27.8 Å². The Morgan fingerprint density at radius 1 is 1.19 bits per heavy atom. The first kappa shape index (κ1) is 27.4. The van der Waals surface area contributed by atoms with E-state index in [-0.39, 0.29) is 17.8 Å². The maximum Gasteiger partial charge on any atom is 0.245 e. The largest absolute Gasteiger partial charge is 0.438 e. The van der Waals surface area contributed by atoms with Crippen LogP contribution in [0.3, 0.4) is 0 Å². The average molecular weight is 534 g/mol. The summed E-state index contributed by atoms with van der Waals surface area (Å²) in [6.07, 6.45) is 8.33. The molecule has 204 valence electrons. The first-order valence-corrected chi connectivity index (χ1v) is 15.3. The second kappa shape index (κ2) is 12.3. The zero-order chi connectivity index (χ0) is 26.4. The topological polar surface area (TPSA) is 137 Å². The van der Waals surface area contributed by atoms with Gasteiger partial charge in [0.05, 0.1) is 12.3 Å². The van der Waals surface area contributed by atoms with Crippen LogP contribution in [-0.2, 0) is 14.8 Å². The average Bonchev–Trinajstić information content (AvgIpc) is 3.56. The minimum atomic E-state index is -3.57. The van der Waals surface area contributed by atoms with Gasteiger partial charge in [-0.05, 0) is 43.7 Å². The number of aliphatic imine (C=N–C) groups is 1. The Balaban J connectivity index is 1.57. The number of guanidine groups is 1. The molecule has 1 amide bonds. The number of amides is 1. The van der Waals surface area contributed by atoms with Crippen molar-refractivity contribution in [3.63, 3.8) is 0 Å². The molecule has 1 aromatic carbocycles. The molecule has 1 saturated carbocycles. The molecule has 4 rings (SSSR count). The van der Waals surface area contributed by atoms with E-state index in [0.29, 0.717) is 42.9 Å². The molecule has 3 N–H and O–H groups in total. The number of para-hydroxylation sites is 2. The first-order chi connectivity index (χ1) is 17.7. The quantitative estimate of drug-likeness (QED) is 0.333. The number of carbonyl (C=O) groups excluding carboxylic acids is 1. The molecule has 1 saturated heterocycles. The molecule has 0 radical (unpaired) electrons. The molecule has 2 heterocycles. The van der Waals surface area contributed by atoms with E-state index in [4.69, 9.17) is 9.41 Å². The van der Waals surface area contributed by atoms with E-state index in [0.717, 1.165) is 44.8 Å². The Hall–Kier alpha value is -2.66. The summed E-state index contributed by atoms with van der Waals surface area (Å²) in [4.78, 5) is 24.6. The molecule has 1 aliphatic carbocycles. The van der Waals surface area contributed by atoms with Crippen molar-refractivity contribution in [3.8, 4) is 0 Å². The van der Waals surface area contributed by atoms with Crippen LogP contribution in [0, 0.1) is 5.92 Å². The lowest BCUT2D eigenvalue weighted by Gasteiger charge is -2.28. The molecule has 0 spiro atoms. The standard InChI is InChI=1S/C26H39N5O5S/c1-3-19(23(32)25-28-20-13-7-8-14-22(20)36-25)27-24(33)21(17-18-11-5-4-6-12-18)29-26(30-37(2,34)35)31-15-9-10-16-31/h7-8,13-14,18-19,21,23,32H,3-6,9-12,15-17H2,1-2H3,(H,27,33)(H,29,30)/t19-,21-,23?/m1/s1. The number of nitrogens with zero attached hydrogens (tertiary/aromatic N) is 3. The van der Waals surface area contributed by atoms with Gasteiger partial charge >= 0.3 is 0 Å². The van der Waals surface area contributed by atoms with Crippen molar-refractivity contribution >= 4 is 33.0 Å². The maximum atomic E-state index is 13.6. The van der Waals surface area contributed by atoms with Crippen LogP contribution in [0.2, 0.25) is 0 Å². The van der Waals surface area contributed by atoms with Crippen molar-refractivity contribution in [1.29, 1.82) is 0 Å². The summed E-state index contributed by atoms with van der Waals surface area (Å²) in [5, 5.41) is 14.0. The van der Waals surface area contributed by atoms with Gasteiger partial charge in [-0.1, -0.05) is 51.2 Å². The number of benzene rings is 1. The molecule has 1 aliphatic heterocycles. The third-order valence-electron chi connectivity index (χ3n) is 7.26. The lowest BCUT2D eigenvalue weighted by molar-refractivity contribution is -0.124. The summed E-state index contributed by atoms with van der Waals surface area (Å²) in [6, 6.07) is 5.84. The molecule has 2 aromatic rings. The summed E-state index contributed by atoms with van der Waals surface area (Å²) in [5.74, 6) is 0.383. The van der Waals surface area contributed by atoms with Crippen LogP contribution < -0.4 is 10.0 Å². The molecule has 0 bridgehead atoms. The van der Waals surface area contributed by atoms with E-state index in [2.05, 4.69) is 15.0 Å². The number of carbonyl (C=O) groups is 1. The fourth-order valence-electron chi connectivity index (χ4n) is 5.24. The van der Waals surface area contributed by atoms with Crippen LogP contribution in [0.5, 0.6) is 0 Å². The number of hydrogen-bond acceptors (Lipinski definition) is 7. The number of likely N-dealkylation sites (tertiary alicyclic amines) is 1. The van der Waals surface area contributed by atoms with Crippen molar-refractivity contribution in [2.24, 2.45) is 10.9 Å². The molecule has 11 heteroatoms. The second-order valence-electron chi connectivity index (χ2n) is 10.3. The smallest absolute Gasteiger partial charge is 0.245 e. The van der Waals surface area contributed by atoms with Crippen LogP contribution in [0.1, 0.15) is 76.7 Å². The van der Waals surface area contributed by atoms with Crippen molar-refractivity contribution in [2.75, 3.05) is 19.3 Å². The lowest BCUT2D eigenvalue weighted by atomic mass is 9.84. The van der Waals surface area contributed by atoms with Gasteiger partial charge in [-0.3, -0.25) is 9.52 Å². The molecule has 1 aromatic heterocycles. The van der Waals surface area contributed by atoms with Gasteiger partial charge in [-0.15, -0.1) is 0 Å². The Morgan fingerprint density at radius 2 is 1.89 bits per heavy atom. The van der Waals surface area contributed by atoms with Crippen molar-refractivity contribution < 1.29 is 22.7 Å². The van der Waals surface area contributed by atoms with E-state index in [1.54, 1.807) is 12.1 Å². The number of sulfonamides is 1. The highest BCUT2D eigenvalue weighted by atomic mass is 32.2. The number of nitrogens with one attached hydrogen (secondary N) is 2. The number of rotatable bonds is 9. The summed E-state index contributed by atoms with van der Waals surface area (Å²) < 4.78 is 32.5. The predicted molar refractivity (Wildman–Crippen MR) is 142 cm³/mol. The van der Waals surface area contributed by atoms with Crippen LogP contribution in [-0.4, -0.2) is 66.7 Å². The third kappa shape index (κ3) is 7.44. The van der Waals surface area contributed by atoms with Gasteiger partial charge in [-0.25, -0.2) is 18.4 Å². The van der Waals surface area contributed by atoms with Gasteiger partial charge in [0.1, 0.15) is 11.6 Å². The Morgan fingerprint density at radius 3 is 2.54 bits per heavy atom. The maximum absolute atomic E-state index is 13.6. The molecule has 2 fully saturated rings. The molecule has 37 heavy (non-hydrogen) atoms. The Labute approximate surface area is 219 Å². The van der Waals surface area contributed by atoms with Gasteiger partial charge in [0, 0.05) is 13.1 Å². The van der Waals surface area contributed by atoms with Crippen LogP contribution in [0.15, 0.2) is 33.7 Å². The molecule has 2 aliphatic rings. The molecule has 1 unspecified atom stereocenters. The number of aromatic nitrogens is 1. The van der Waals surface area contributed by atoms with E-state index in [9.17, 15) is 18.3 Å². The van der Waals surface area contributed by atoms with Crippen LogP contribution in [0.25, 0.3) is 11.1 Å². The minimum absolute atomic E-state index is 0.150. The van der Waals surface area contributed by atoms with E-state index in [1.165, 1.54) is 6.42 Å². The van der Waals surface area contributed by atoms with Gasteiger partial charge < -0.3 is 19.7 Å². The zero-order valence-corrected chi connectivity index (χ0v) is 22.5. The second-order valence-corrected chi connectivity index (χ2v) is 12.0. The van der Waals surface area contributed by atoms with E-state index in [1.807, 2.05) is 24.0 Å². The molecule has 3 atom stereocenters. The molecular weight excluding hydrogens is 494 g/mol. The number of fused-ring (bicyclic) bond motifs is 1.